The van der Waals surface area contributed by atoms with E-state index >= 15 is 0 Å². The van der Waals surface area contributed by atoms with Gasteiger partial charge in [0, 0.05) is 23.2 Å². The van der Waals surface area contributed by atoms with Gasteiger partial charge in [-0.25, -0.2) is 4.98 Å². The van der Waals surface area contributed by atoms with E-state index in [1.165, 1.54) is 0 Å². The van der Waals surface area contributed by atoms with Crippen LogP contribution in [0.2, 0.25) is 5.02 Å². The highest BCUT2D eigenvalue weighted by molar-refractivity contribution is 6.31. The number of nitrogen functional groups attached to an aromatic ring is 1. The van der Waals surface area contributed by atoms with E-state index in [1.54, 1.807) is 0 Å². The molecule has 0 bridgehead atoms. The van der Waals surface area contributed by atoms with Crippen molar-refractivity contribution in [1.29, 1.82) is 0 Å². The van der Waals surface area contributed by atoms with Crippen molar-refractivity contribution in [3.05, 3.63) is 70.2 Å². The van der Waals surface area contributed by atoms with Gasteiger partial charge in [-0.1, -0.05) is 48.0 Å². The molecule has 1 aromatic heterocycles. The van der Waals surface area contributed by atoms with Crippen molar-refractivity contribution in [2.75, 3.05) is 17.6 Å². The molecule has 1 heterocycles. The Morgan fingerprint density at radius 3 is 2.55 bits per heavy atom. The van der Waals surface area contributed by atoms with Gasteiger partial charge in [0.25, 0.3) is 0 Å². The van der Waals surface area contributed by atoms with Crippen LogP contribution in [0.25, 0.3) is 11.3 Å². The Hall–Kier alpha value is -3.12. The zero-order chi connectivity index (χ0) is 22.4. The van der Waals surface area contributed by atoms with E-state index in [1.807, 2.05) is 69.3 Å². The van der Waals surface area contributed by atoms with Gasteiger partial charge in [0.1, 0.15) is 5.82 Å². The van der Waals surface area contributed by atoms with Crippen molar-refractivity contribution in [3.8, 4) is 11.3 Å². The average molecular weight is 439 g/mol. The fraction of sp³-hybridized carbons (Fsp3) is 0.292. The molecule has 0 spiro atoms. The van der Waals surface area contributed by atoms with E-state index in [0.717, 1.165) is 34.4 Å². The van der Waals surface area contributed by atoms with E-state index in [9.17, 15) is 4.79 Å². The van der Waals surface area contributed by atoms with Crippen LogP contribution in [0.3, 0.4) is 0 Å². The molecule has 3 aromatic rings. The maximum absolute atomic E-state index is 11.8. The lowest BCUT2D eigenvalue weighted by atomic mass is 10.1. The molecule has 0 aliphatic rings. The van der Waals surface area contributed by atoms with Crippen LogP contribution in [0, 0.1) is 6.92 Å². The van der Waals surface area contributed by atoms with Crippen molar-refractivity contribution in [1.82, 2.24) is 9.97 Å². The first kappa shape index (κ1) is 22.6. The molecule has 0 fully saturated rings. The summed E-state index contributed by atoms with van der Waals surface area (Å²) in [5.41, 5.74) is 10.6. The van der Waals surface area contributed by atoms with Crippen LogP contribution in [0.4, 0.5) is 11.8 Å². The minimum atomic E-state index is -0.212. The minimum absolute atomic E-state index is 0.100. The maximum atomic E-state index is 11.8. The summed E-state index contributed by atoms with van der Waals surface area (Å²) in [6.07, 6.45) is 0.978. The van der Waals surface area contributed by atoms with Crippen LogP contribution in [0.5, 0.6) is 0 Å². The minimum Gasteiger partial charge on any atom is -0.463 e. The monoisotopic (exact) mass is 438 g/mol. The van der Waals surface area contributed by atoms with Crippen LogP contribution in [0.1, 0.15) is 30.5 Å². The number of nitrogens with one attached hydrogen (secondary N) is 1. The van der Waals surface area contributed by atoms with Crippen molar-refractivity contribution >= 4 is 29.3 Å². The fourth-order valence-corrected chi connectivity index (χ4v) is 3.38. The summed E-state index contributed by atoms with van der Waals surface area (Å²) in [4.78, 5) is 20.4. The molecule has 0 saturated carbocycles. The van der Waals surface area contributed by atoms with Crippen LogP contribution < -0.4 is 11.1 Å². The topological polar surface area (TPSA) is 90.1 Å². The van der Waals surface area contributed by atoms with Gasteiger partial charge in [-0.2, -0.15) is 4.98 Å². The summed E-state index contributed by atoms with van der Waals surface area (Å²) in [5.74, 6) is 0.656. The quantitative estimate of drug-likeness (QED) is 0.489. The highest BCUT2D eigenvalue weighted by Gasteiger charge is 2.10. The number of hydrogen-bond acceptors (Lipinski definition) is 6. The number of carbonyl (C=O) groups excluding carboxylic acids is 1. The standard InChI is InChI=1S/C24H27ClN4O2/c1-15(2)31-23(30)13-18-9-7-17(8-10-18)11-12-27-22-14-21(28-24(26)29-22)19-5-4-6-20(25)16(19)3/h4-10,14-15H,11-13H2,1-3H3,(H3,26,27,28,29). The van der Waals surface area contributed by atoms with Crippen molar-refractivity contribution in [2.24, 2.45) is 0 Å². The summed E-state index contributed by atoms with van der Waals surface area (Å²) in [7, 11) is 0. The number of rotatable bonds is 8. The second-order valence-corrected chi connectivity index (χ2v) is 8.02. The Morgan fingerprint density at radius 1 is 1.13 bits per heavy atom. The van der Waals surface area contributed by atoms with E-state index < -0.39 is 0 Å². The largest absolute Gasteiger partial charge is 0.463 e. The third kappa shape index (κ3) is 6.43. The van der Waals surface area contributed by atoms with E-state index in [4.69, 9.17) is 22.1 Å². The molecular formula is C24H27ClN4O2. The normalized spacial score (nSPS) is 10.9. The molecule has 0 saturated heterocycles. The zero-order valence-electron chi connectivity index (χ0n) is 18.0. The Labute approximate surface area is 187 Å². The molecule has 0 atom stereocenters. The van der Waals surface area contributed by atoms with Crippen LogP contribution in [-0.2, 0) is 22.4 Å². The fourth-order valence-electron chi connectivity index (χ4n) is 3.21. The predicted molar refractivity (Wildman–Crippen MR) is 125 cm³/mol. The molecular weight excluding hydrogens is 412 g/mol. The Morgan fingerprint density at radius 2 is 1.84 bits per heavy atom. The third-order valence-electron chi connectivity index (χ3n) is 4.75. The van der Waals surface area contributed by atoms with Gasteiger partial charge in [-0.15, -0.1) is 0 Å². The SMILES string of the molecule is Cc1c(Cl)cccc1-c1cc(NCCc2ccc(CC(=O)OC(C)C)cc2)nc(N)n1. The van der Waals surface area contributed by atoms with Crippen LogP contribution >= 0.6 is 11.6 Å². The maximum Gasteiger partial charge on any atom is 0.310 e. The lowest BCUT2D eigenvalue weighted by Crippen LogP contribution is -2.13. The summed E-state index contributed by atoms with van der Waals surface area (Å²) in [6, 6.07) is 15.5. The number of nitrogens with two attached hydrogens (primary N) is 1. The lowest BCUT2D eigenvalue weighted by Gasteiger charge is -2.11. The number of ether oxygens (including phenoxy) is 1. The summed E-state index contributed by atoms with van der Waals surface area (Å²) in [6.45, 7) is 6.32. The molecule has 6 nitrogen and oxygen atoms in total. The molecule has 0 unspecified atom stereocenters. The summed E-state index contributed by atoms with van der Waals surface area (Å²) in [5, 5.41) is 3.99. The van der Waals surface area contributed by atoms with Gasteiger partial charge >= 0.3 is 5.97 Å². The molecule has 7 heteroatoms. The second kappa shape index (κ2) is 10.3. The number of carbonyl (C=O) groups is 1. The average Bonchev–Trinajstić information content (AvgIpc) is 2.70. The lowest BCUT2D eigenvalue weighted by molar-refractivity contribution is -0.146. The zero-order valence-corrected chi connectivity index (χ0v) is 18.7. The molecule has 0 radical (unpaired) electrons. The summed E-state index contributed by atoms with van der Waals surface area (Å²) >= 11 is 6.24. The van der Waals surface area contributed by atoms with Crippen LogP contribution in [-0.4, -0.2) is 28.6 Å². The molecule has 0 aliphatic carbocycles. The van der Waals surface area contributed by atoms with Gasteiger partial charge in [0.2, 0.25) is 5.95 Å². The van der Waals surface area contributed by atoms with Crippen molar-refractivity contribution in [3.63, 3.8) is 0 Å². The Kier molecular flexibility index (Phi) is 7.47. The van der Waals surface area contributed by atoms with E-state index in [2.05, 4.69) is 15.3 Å². The molecule has 2 aromatic carbocycles. The first-order chi connectivity index (χ1) is 14.8. The molecule has 0 amide bonds. The Balaban J connectivity index is 1.60. The van der Waals surface area contributed by atoms with E-state index in [0.29, 0.717) is 17.4 Å². The Bertz CT molecular complexity index is 1050. The number of benzene rings is 2. The smallest absolute Gasteiger partial charge is 0.310 e. The van der Waals surface area contributed by atoms with Gasteiger partial charge in [-0.3, -0.25) is 4.79 Å². The number of hydrogen-bond donors (Lipinski definition) is 2. The van der Waals surface area contributed by atoms with Gasteiger partial charge in [0.15, 0.2) is 0 Å². The molecule has 3 rings (SSSR count). The number of nitrogens with zero attached hydrogens (tertiary/aromatic N) is 2. The molecule has 0 aliphatic heterocycles. The predicted octanol–water partition coefficient (Wildman–Crippen LogP) is 4.84. The molecule has 3 N–H and O–H groups in total. The highest BCUT2D eigenvalue weighted by atomic mass is 35.5. The van der Waals surface area contributed by atoms with Gasteiger partial charge in [0.05, 0.1) is 18.2 Å². The van der Waals surface area contributed by atoms with E-state index in [-0.39, 0.29) is 24.4 Å². The van der Waals surface area contributed by atoms with Crippen molar-refractivity contribution in [2.45, 2.75) is 39.7 Å². The van der Waals surface area contributed by atoms with Gasteiger partial charge < -0.3 is 15.8 Å². The number of esters is 1. The van der Waals surface area contributed by atoms with Crippen molar-refractivity contribution < 1.29 is 9.53 Å². The highest BCUT2D eigenvalue weighted by Crippen LogP contribution is 2.28. The first-order valence-electron chi connectivity index (χ1n) is 10.2. The molecule has 162 valence electrons. The first-order valence-corrected chi connectivity index (χ1v) is 10.6. The number of anilines is 2. The third-order valence-corrected chi connectivity index (χ3v) is 5.15. The van der Waals surface area contributed by atoms with Crippen LogP contribution in [0.15, 0.2) is 48.5 Å². The van der Waals surface area contributed by atoms with Gasteiger partial charge in [-0.05, 0) is 49.9 Å². The number of aromatic nitrogens is 2. The summed E-state index contributed by atoms with van der Waals surface area (Å²) < 4.78 is 5.18. The second-order valence-electron chi connectivity index (χ2n) is 7.62. The molecule has 31 heavy (non-hydrogen) atoms. The number of halogens is 1.